The van der Waals surface area contributed by atoms with Crippen molar-refractivity contribution in [2.24, 2.45) is 0 Å². The fourth-order valence-electron chi connectivity index (χ4n) is 15.0. The molecular weight excluding hydrogens is 1840 g/mol. The summed E-state index contributed by atoms with van der Waals surface area (Å²) < 4.78 is 235. The zero-order chi connectivity index (χ0) is 128. The Balaban J connectivity index is 0.000000145. The summed E-state index contributed by atoms with van der Waals surface area (Å²) >= 11 is 0. The van der Waals surface area contributed by atoms with Gasteiger partial charge in [-0.25, -0.2) is 0 Å². The van der Waals surface area contributed by atoms with E-state index in [1.54, 1.807) is 0 Å². The van der Waals surface area contributed by atoms with Gasteiger partial charge in [-0.05, 0) is 130 Å². The lowest BCUT2D eigenvalue weighted by molar-refractivity contribution is -0.137. The van der Waals surface area contributed by atoms with Crippen LogP contribution in [0, 0.1) is 0 Å². The molecule has 140 heavy (non-hydrogen) atoms. The molecule has 28 amide bonds. The summed E-state index contributed by atoms with van der Waals surface area (Å²) in [7, 11) is 0. The molecule has 0 spiro atoms. The van der Waals surface area contributed by atoms with E-state index in [1.165, 1.54) is 70.5 Å². The Morgan fingerprint density at radius 3 is 0.671 bits per heavy atom. The molecule has 0 aliphatic carbocycles. The van der Waals surface area contributed by atoms with Crippen molar-refractivity contribution in [1.29, 1.82) is 0 Å². The topological polar surface area (TPSA) is 767 Å². The second-order valence-corrected chi connectivity index (χ2v) is 29.7. The number of fused-ring (bicyclic) bond motifs is 7. The van der Waals surface area contributed by atoms with E-state index < -0.39 is 388 Å². The number of nitrogen functional groups attached to an aromatic ring is 7. The molecule has 7 aromatic rings. The van der Waals surface area contributed by atoms with Crippen LogP contribution in [-0.2, 0) is 67.1 Å². The molecule has 7 atom stereocenters. The Kier molecular flexibility index (Phi) is 17.3. The molecule has 7 aromatic carbocycles. The number of anilines is 7. The maximum Gasteiger partial charge on any atom is 0.264 e. The van der Waals surface area contributed by atoms with Gasteiger partial charge in [-0.1, -0.05) is 42.4 Å². The number of benzene rings is 7. The van der Waals surface area contributed by atoms with Crippen LogP contribution in [0.2, 0.25) is 0 Å². The maximum atomic E-state index is 12.6. The van der Waals surface area contributed by atoms with Gasteiger partial charge in [-0.15, -0.1) is 0 Å². The van der Waals surface area contributed by atoms with E-state index in [4.69, 9.17) is 81.3 Å². The van der Waals surface area contributed by atoms with Gasteiger partial charge in [0.25, 0.3) is 82.7 Å². The normalized spacial score (nSPS) is 30.4. The molecule has 714 valence electrons. The van der Waals surface area contributed by atoms with E-state index in [-0.39, 0.29) is 114 Å². The fourth-order valence-corrected chi connectivity index (χ4v) is 15.0. The molecule has 14 aliphatic heterocycles. The number of hydrogen-bond donors (Lipinski definition) is 14. The van der Waals surface area contributed by atoms with Crippen molar-refractivity contribution in [2.45, 2.75) is 132 Å². The molecule has 21 N–H and O–H groups in total. The van der Waals surface area contributed by atoms with Crippen LogP contribution in [0.25, 0.3) is 0 Å². The van der Waals surface area contributed by atoms with Gasteiger partial charge < -0.3 is 40.1 Å². The molecule has 21 rings (SSSR count). The van der Waals surface area contributed by atoms with Gasteiger partial charge in [0.2, 0.25) is 82.7 Å². The lowest BCUT2D eigenvalue weighted by Crippen LogP contribution is -2.54. The molecule has 7 fully saturated rings. The standard InChI is InChI=1S/7C13H11N3O4/c7*14-7-3-1-2-6-10(7)13(20)16(12(6)19)8-4-5-9(17)15-11(8)18/h7*1-3,8H,4-5,14H2,(H,15,17,18)/t5*8-;;/m11100../s1/i1D,2D,3D,8D;4D2,5D2,8D;1D,2D,3D;1D,2D,3D,8D;4D2,5D2,8D;1D,2D,3D,8D;4D2,5D2,8D. The van der Waals surface area contributed by atoms with Gasteiger partial charge in [0.05, 0.1) is 103 Å². The summed E-state index contributed by atoms with van der Waals surface area (Å²) in [5, 5.41) is 12.3. The highest BCUT2D eigenvalue weighted by Gasteiger charge is 2.54. The minimum absolute atomic E-state index is 0.00757. The number of nitrogens with zero attached hydrogens (tertiary/aromatic N) is 7. The summed E-state index contributed by atoms with van der Waals surface area (Å²) in [6, 6.07) is -13.9. The van der Waals surface area contributed by atoms with Gasteiger partial charge in [-0.2, -0.15) is 0 Å². The first-order valence-electron chi connectivity index (χ1n) is 54.6. The van der Waals surface area contributed by atoms with Crippen LogP contribution in [0.5, 0.6) is 0 Å². The minimum Gasteiger partial charge on any atom is -0.398 e. The Bertz CT molecular complexity index is 7880. The lowest BCUT2D eigenvalue weighted by Gasteiger charge is -2.27. The summed E-state index contributed by atoms with van der Waals surface area (Å²) in [6.07, 6.45) is -22.5. The predicted molar refractivity (Wildman–Crippen MR) is 473 cm³/mol. The number of amides is 28. The molecule has 0 bridgehead atoms. The van der Waals surface area contributed by atoms with E-state index in [2.05, 4.69) is 0 Å². The zero-order valence-corrected chi connectivity index (χ0v) is 70.0. The highest BCUT2D eigenvalue weighted by Crippen LogP contribution is 2.39. The summed E-state index contributed by atoms with van der Waals surface area (Å²) in [6.45, 7) is 0. The Morgan fingerprint density at radius 1 is 0.229 bits per heavy atom. The zero-order valence-electron chi connectivity index (χ0n) is 100. The summed E-state index contributed by atoms with van der Waals surface area (Å²) in [4.78, 5) is 342. The number of nitrogens with one attached hydrogen (secondary N) is 7. The number of carbonyl (C=O) groups is 28. The number of rotatable bonds is 7. The Labute approximate surface area is 827 Å². The van der Waals surface area contributed by atoms with Crippen molar-refractivity contribution < 1.29 is 175 Å². The number of nitrogens with two attached hydrogens (primary N) is 7. The second-order valence-electron chi connectivity index (χ2n) is 29.7. The summed E-state index contributed by atoms with van der Waals surface area (Å²) in [5.41, 5.74) is 32.3. The first-order valence-corrected chi connectivity index (χ1v) is 39.6. The molecule has 0 radical (unpaired) electrons. The average Bonchev–Trinajstić information content (AvgIpc) is 1.56. The van der Waals surface area contributed by atoms with Crippen LogP contribution in [0.1, 0.15) is 276 Å². The minimum atomic E-state index is -3.51. The van der Waals surface area contributed by atoms with E-state index >= 15 is 0 Å². The second kappa shape index (κ2) is 37.9. The van der Waals surface area contributed by atoms with Crippen molar-refractivity contribution in [3.8, 4) is 0 Å². The number of piperidine rings is 7. The van der Waals surface area contributed by atoms with Crippen molar-refractivity contribution in [3.63, 3.8) is 0 Å². The van der Waals surface area contributed by atoms with Crippen molar-refractivity contribution in [3.05, 3.63) is 205 Å². The van der Waals surface area contributed by atoms with Crippen LogP contribution in [0.15, 0.2) is 127 Å². The molecule has 49 nitrogen and oxygen atoms in total. The summed E-state index contributed by atoms with van der Waals surface area (Å²) in [5.74, 6) is -31.7. The van der Waals surface area contributed by atoms with Crippen molar-refractivity contribution >= 4 is 205 Å². The fraction of sp³-hybridized carbons (Fsp3) is 0.231. The van der Waals surface area contributed by atoms with Crippen molar-refractivity contribution in [2.75, 3.05) is 40.1 Å². The predicted octanol–water partition coefficient (Wildman–Crippen LogP) is -2.31. The van der Waals surface area contributed by atoms with E-state index in [1.807, 2.05) is 21.3 Å². The first kappa shape index (κ1) is 64.1. The Hall–Kier alpha value is -18.9. The van der Waals surface area contributed by atoms with E-state index in [9.17, 15) is 134 Å². The van der Waals surface area contributed by atoms with Gasteiger partial charge in [-0.3, -0.25) is 206 Å². The molecule has 49 heteroatoms. The Morgan fingerprint density at radius 2 is 0.429 bits per heavy atom. The van der Waals surface area contributed by atoms with Gasteiger partial charge in [0, 0.05) is 101 Å². The van der Waals surface area contributed by atoms with Gasteiger partial charge in [0.1, 0.15) is 42.1 Å². The highest BCUT2D eigenvalue weighted by atomic mass is 16.2. The van der Waals surface area contributed by atoms with Crippen LogP contribution >= 0.6 is 0 Å². The van der Waals surface area contributed by atoms with Gasteiger partial charge >= 0.3 is 0 Å². The van der Waals surface area contributed by atoms with Crippen LogP contribution in [-0.4, -0.2) is 242 Å². The molecular formula is C91H77N21O28. The van der Waals surface area contributed by atoms with Crippen molar-refractivity contribution in [1.82, 2.24) is 71.5 Å². The lowest BCUT2D eigenvalue weighted by atomic mass is 10.0. The largest absolute Gasteiger partial charge is 0.398 e. The third kappa shape index (κ3) is 17.3. The number of hydrogen-bond acceptors (Lipinski definition) is 35. The quantitative estimate of drug-likeness (QED) is 0.0589. The third-order valence-electron chi connectivity index (χ3n) is 21.3. The molecule has 0 saturated carbocycles. The maximum absolute atomic E-state index is 12.6. The average molecular weight is 1940 g/mol. The SMILES string of the molecule is [2H]C1([2H])C(=O)NC(=O)C([2H])(N2C(=O)c3cccc(N)c3C2=O)C1([2H])[2H].[2H]C1([2H])C(=O)NC(=O)[C@@]([2H])(N2C(=O)c3cccc(N)c3C2=O)C1([2H])[2H].[2H]C1([2H])C(=O)NC(=O)[C@]([2H])(N2C(=O)c3cccc(N)c3C2=O)C1([2H])[2H].[2H]c1c([2H])c(N)c2c(c1[2H])C(=O)N(C1([2H])CCC(=O)NC1=O)C2=O.[2H]c1c([2H])c(N)c2c(c1[2H])C(=O)N([C@@H]1CCC(=O)NC1=O)C2=O.[2H]c1c([2H])c(N)c2c(c1[2H])C(=O)N([C@@]1([2H])CCC(=O)NC1=O)C2=O.[2H]c1c([2H])c(N)c2c(c1[2H])C(=O)N([C@]1([2H])CCC(=O)NC1=O)C2=O. The monoisotopic (exact) mass is 1940 g/mol. The molecule has 0 aromatic heterocycles. The van der Waals surface area contributed by atoms with Gasteiger partial charge in [0.15, 0.2) is 0 Å². The third-order valence-corrected chi connectivity index (χ3v) is 21.3. The molecule has 14 heterocycles. The number of carbonyl (C=O) groups excluding carboxylic acids is 28. The highest BCUT2D eigenvalue weighted by molar-refractivity contribution is 6.32. The number of imide groups is 14. The van der Waals surface area contributed by atoms with Crippen LogP contribution in [0.4, 0.5) is 39.8 Å². The smallest absolute Gasteiger partial charge is 0.264 e. The van der Waals surface area contributed by atoms with E-state index in [0.717, 1.165) is 0 Å². The van der Waals surface area contributed by atoms with E-state index in [0.29, 0.717) is 19.6 Å². The van der Waals surface area contributed by atoms with Crippen LogP contribution < -0.4 is 77.4 Å². The molecule has 2 unspecified atom stereocenters. The molecule has 14 aliphatic rings. The van der Waals surface area contributed by atoms with Crippen LogP contribution in [0.3, 0.4) is 0 Å². The first-order chi connectivity index (χ1) is 78.2. The molecule has 7 saturated heterocycles.